The van der Waals surface area contributed by atoms with E-state index in [9.17, 15) is 9.90 Å². The SMILES string of the molecule is CO[C@@H]1O[C@@]2(COCc3ccccc3)OC(c3ccccc3)=C(C(=O)c3ccccc3)S[C@H]2[C@H](O)[C@H]1OCc1ccccc1. The van der Waals surface area contributed by atoms with Crippen LogP contribution in [0, 0.1) is 0 Å². The molecule has 5 atom stereocenters. The number of carbonyl (C=O) groups excluding carboxylic acids is 1. The Morgan fingerprint density at radius 3 is 2.00 bits per heavy atom. The molecule has 4 aromatic rings. The quantitative estimate of drug-likeness (QED) is 0.200. The Morgan fingerprint density at radius 1 is 0.818 bits per heavy atom. The number of methoxy groups -OCH3 is 1. The van der Waals surface area contributed by atoms with E-state index in [4.69, 9.17) is 23.7 Å². The molecule has 0 aliphatic carbocycles. The van der Waals surface area contributed by atoms with Gasteiger partial charge >= 0.3 is 0 Å². The molecule has 0 radical (unpaired) electrons. The first-order valence-corrected chi connectivity index (χ1v) is 15.4. The third kappa shape index (κ3) is 6.51. The van der Waals surface area contributed by atoms with Crippen molar-refractivity contribution in [2.45, 2.75) is 42.7 Å². The van der Waals surface area contributed by atoms with Gasteiger partial charge in [0.15, 0.2) is 6.29 Å². The van der Waals surface area contributed by atoms with E-state index in [1.807, 2.05) is 109 Å². The van der Waals surface area contributed by atoms with Crippen molar-refractivity contribution < 1.29 is 33.6 Å². The van der Waals surface area contributed by atoms with Gasteiger partial charge in [-0.1, -0.05) is 121 Å². The Kier molecular flexibility index (Phi) is 9.57. The molecule has 0 spiro atoms. The highest BCUT2D eigenvalue weighted by atomic mass is 32.2. The van der Waals surface area contributed by atoms with Gasteiger partial charge in [0.2, 0.25) is 5.78 Å². The second-order valence-electron chi connectivity index (χ2n) is 10.6. The molecule has 44 heavy (non-hydrogen) atoms. The van der Waals surface area contributed by atoms with Gasteiger partial charge in [0.1, 0.15) is 29.8 Å². The van der Waals surface area contributed by atoms with Crippen molar-refractivity contribution in [3.63, 3.8) is 0 Å². The van der Waals surface area contributed by atoms with Crippen LogP contribution in [0.3, 0.4) is 0 Å². The molecule has 0 unspecified atom stereocenters. The smallest absolute Gasteiger partial charge is 0.251 e. The molecule has 0 amide bonds. The van der Waals surface area contributed by atoms with E-state index in [0.29, 0.717) is 28.4 Å². The fourth-order valence-electron chi connectivity index (χ4n) is 5.38. The fraction of sp³-hybridized carbons (Fsp3) is 0.250. The average molecular weight is 611 g/mol. The fourth-order valence-corrected chi connectivity index (χ4v) is 6.77. The standard InChI is InChI=1S/C36H34O7S/c1-39-35-32(41-23-26-16-8-3-9-17-26)30(38)34-36(43-35,24-40-22-25-14-6-2-7-15-25)42-31(28-20-12-5-13-21-28)33(44-34)29(37)27-18-10-4-11-19-27/h2-21,30,32,34-35,38H,22-24H2,1H3/t30-,32-,34+,35-,36-/m1/s1. The van der Waals surface area contributed by atoms with Gasteiger partial charge in [-0.05, 0) is 11.1 Å². The van der Waals surface area contributed by atoms with Gasteiger partial charge in [-0.25, -0.2) is 0 Å². The van der Waals surface area contributed by atoms with Crippen molar-refractivity contribution in [3.8, 4) is 0 Å². The molecule has 2 aliphatic rings. The lowest BCUT2D eigenvalue weighted by Gasteiger charge is -2.52. The summed E-state index contributed by atoms with van der Waals surface area (Å²) in [4.78, 5) is 14.4. The Bertz CT molecular complexity index is 1550. The lowest BCUT2D eigenvalue weighted by atomic mass is 9.97. The van der Waals surface area contributed by atoms with Gasteiger partial charge in [0.05, 0.1) is 18.1 Å². The van der Waals surface area contributed by atoms with Gasteiger partial charge in [-0.15, -0.1) is 11.8 Å². The minimum absolute atomic E-state index is 0.0367. The van der Waals surface area contributed by atoms with E-state index in [1.54, 1.807) is 12.1 Å². The van der Waals surface area contributed by atoms with Crippen molar-refractivity contribution in [1.82, 2.24) is 0 Å². The van der Waals surface area contributed by atoms with E-state index in [1.165, 1.54) is 18.9 Å². The van der Waals surface area contributed by atoms with Crippen LogP contribution in [0.25, 0.3) is 5.76 Å². The molecule has 0 bridgehead atoms. The van der Waals surface area contributed by atoms with Crippen LogP contribution in [0.1, 0.15) is 27.0 Å². The first-order chi connectivity index (χ1) is 21.6. The van der Waals surface area contributed by atoms with Gasteiger partial charge < -0.3 is 28.8 Å². The van der Waals surface area contributed by atoms with E-state index in [-0.39, 0.29) is 19.0 Å². The second-order valence-corrected chi connectivity index (χ2v) is 11.8. The topological polar surface area (TPSA) is 83.5 Å². The lowest BCUT2D eigenvalue weighted by molar-refractivity contribution is -0.363. The van der Waals surface area contributed by atoms with Crippen molar-refractivity contribution >= 4 is 23.3 Å². The molecule has 0 aromatic heterocycles. The van der Waals surface area contributed by atoms with E-state index >= 15 is 0 Å². The molecule has 1 N–H and O–H groups in total. The second kappa shape index (κ2) is 13.9. The molecular weight excluding hydrogens is 576 g/mol. The largest absolute Gasteiger partial charge is 0.456 e. The summed E-state index contributed by atoms with van der Waals surface area (Å²) in [6.45, 7) is 0.502. The highest BCUT2D eigenvalue weighted by Crippen LogP contribution is 2.51. The summed E-state index contributed by atoms with van der Waals surface area (Å²) in [7, 11) is 1.50. The zero-order valence-electron chi connectivity index (χ0n) is 24.3. The molecule has 8 heteroatoms. The monoisotopic (exact) mass is 610 g/mol. The number of rotatable bonds is 11. The summed E-state index contributed by atoms with van der Waals surface area (Å²) in [5.74, 6) is -1.36. The molecular formula is C36H34O7S. The summed E-state index contributed by atoms with van der Waals surface area (Å²) < 4.78 is 31.6. The number of aliphatic hydroxyl groups excluding tert-OH is 1. The molecule has 2 aliphatic heterocycles. The first kappa shape index (κ1) is 30.3. The predicted octanol–water partition coefficient (Wildman–Crippen LogP) is 6.23. The average Bonchev–Trinajstić information content (AvgIpc) is 3.08. The van der Waals surface area contributed by atoms with Crippen LogP contribution in [-0.2, 0) is 36.9 Å². The number of benzene rings is 4. The van der Waals surface area contributed by atoms with Gasteiger partial charge in [0, 0.05) is 18.2 Å². The summed E-state index contributed by atoms with van der Waals surface area (Å²) >= 11 is 1.23. The van der Waals surface area contributed by atoms with Crippen molar-refractivity contribution in [3.05, 3.63) is 148 Å². The van der Waals surface area contributed by atoms with E-state index in [2.05, 4.69) is 0 Å². The number of Topliss-reactive ketones (excluding diaryl/α,β-unsaturated/α-hetero) is 1. The van der Waals surface area contributed by atoms with E-state index < -0.39 is 29.5 Å². The summed E-state index contributed by atoms with van der Waals surface area (Å²) in [6, 6.07) is 37.9. The number of fused-ring (bicyclic) bond motifs is 1. The number of hydrogen-bond donors (Lipinski definition) is 1. The van der Waals surface area contributed by atoms with Crippen LogP contribution < -0.4 is 0 Å². The maximum atomic E-state index is 14.0. The molecule has 7 nitrogen and oxygen atoms in total. The number of thioether (sulfide) groups is 1. The third-order valence-corrected chi connectivity index (χ3v) is 9.10. The van der Waals surface area contributed by atoms with Gasteiger partial charge in [-0.2, -0.15) is 0 Å². The zero-order valence-corrected chi connectivity index (χ0v) is 25.1. The molecule has 6 rings (SSSR count). The summed E-state index contributed by atoms with van der Waals surface area (Å²) in [5.41, 5.74) is 3.13. The normalized spacial score (nSPS) is 24.8. The Labute approximate surface area is 261 Å². The molecule has 0 saturated carbocycles. The van der Waals surface area contributed by atoms with Gasteiger partial charge in [-0.3, -0.25) is 4.79 Å². The number of aliphatic hydroxyl groups is 1. The molecule has 226 valence electrons. The third-order valence-electron chi connectivity index (χ3n) is 7.60. The Balaban J connectivity index is 1.38. The molecule has 2 heterocycles. The van der Waals surface area contributed by atoms with Crippen LogP contribution in [0.2, 0.25) is 0 Å². The minimum Gasteiger partial charge on any atom is -0.456 e. The first-order valence-electron chi connectivity index (χ1n) is 14.5. The number of allylic oxidation sites excluding steroid dienone is 1. The van der Waals surface area contributed by atoms with Gasteiger partial charge in [0.25, 0.3) is 5.79 Å². The maximum absolute atomic E-state index is 14.0. The number of ketones is 1. The highest BCUT2D eigenvalue weighted by Gasteiger charge is 2.61. The predicted molar refractivity (Wildman–Crippen MR) is 168 cm³/mol. The van der Waals surface area contributed by atoms with Crippen LogP contribution in [0.15, 0.2) is 126 Å². The van der Waals surface area contributed by atoms with Crippen LogP contribution >= 0.6 is 11.8 Å². The number of ether oxygens (including phenoxy) is 5. The molecule has 4 aromatic carbocycles. The Morgan fingerprint density at radius 2 is 1.39 bits per heavy atom. The highest BCUT2D eigenvalue weighted by molar-refractivity contribution is 8.05. The molecule has 1 saturated heterocycles. The van der Waals surface area contributed by atoms with Crippen LogP contribution in [0.4, 0.5) is 0 Å². The minimum atomic E-state index is -1.50. The molecule has 1 fully saturated rings. The van der Waals surface area contributed by atoms with Crippen LogP contribution in [-0.4, -0.2) is 54.1 Å². The van der Waals surface area contributed by atoms with Crippen molar-refractivity contribution in [2.24, 2.45) is 0 Å². The Hall–Kier alpha value is -3.76. The number of carbonyl (C=O) groups is 1. The number of hydrogen-bond acceptors (Lipinski definition) is 8. The zero-order chi connectivity index (χ0) is 30.4. The van der Waals surface area contributed by atoms with Crippen molar-refractivity contribution in [1.29, 1.82) is 0 Å². The lowest BCUT2D eigenvalue weighted by Crippen LogP contribution is -2.67. The van der Waals surface area contributed by atoms with Crippen molar-refractivity contribution in [2.75, 3.05) is 13.7 Å². The van der Waals surface area contributed by atoms with E-state index in [0.717, 1.165) is 11.1 Å². The summed E-state index contributed by atoms with van der Waals surface area (Å²) in [6.07, 6.45) is -2.98. The summed E-state index contributed by atoms with van der Waals surface area (Å²) in [5, 5.41) is 11.2. The van der Waals surface area contributed by atoms with Crippen LogP contribution in [0.5, 0.6) is 0 Å². The maximum Gasteiger partial charge on any atom is 0.251 e.